The molecule has 2 aromatic carbocycles. The van der Waals surface area contributed by atoms with E-state index in [0.29, 0.717) is 19.4 Å². The van der Waals surface area contributed by atoms with Gasteiger partial charge in [-0.2, -0.15) is 0 Å². The molecule has 170 valence electrons. The van der Waals surface area contributed by atoms with Gasteiger partial charge < -0.3 is 20.5 Å². The molecule has 3 rings (SSSR count). The lowest BCUT2D eigenvalue weighted by molar-refractivity contribution is -0.141. The molecule has 0 saturated heterocycles. The van der Waals surface area contributed by atoms with Crippen LogP contribution < -0.4 is 10.6 Å². The van der Waals surface area contributed by atoms with E-state index in [-0.39, 0.29) is 30.9 Å². The van der Waals surface area contributed by atoms with Gasteiger partial charge in [0.2, 0.25) is 5.91 Å². The Bertz CT molecular complexity index is 929. The standard InChI is InChI=1S/C25H30N2O5/c1-16(24(29)30)13-14-26-23(28)12-11-17(2)27-25(31)32-15-22-20-9-5-3-7-18(20)19-8-4-6-10-21(19)22/h3-10,16-17,22H,11-15H2,1-2H3,(H,26,28)(H,27,31)(H,29,30). The van der Waals surface area contributed by atoms with E-state index in [4.69, 9.17) is 9.84 Å². The van der Waals surface area contributed by atoms with Crippen molar-refractivity contribution in [2.45, 2.75) is 45.1 Å². The first-order valence-electron chi connectivity index (χ1n) is 11.0. The highest BCUT2D eigenvalue weighted by atomic mass is 16.5. The highest BCUT2D eigenvalue weighted by Crippen LogP contribution is 2.44. The second kappa shape index (κ2) is 10.8. The topological polar surface area (TPSA) is 105 Å². The number of carbonyl (C=O) groups is 3. The Morgan fingerprint density at radius 2 is 1.56 bits per heavy atom. The molecule has 0 aromatic heterocycles. The minimum absolute atomic E-state index is 0.00225. The number of benzene rings is 2. The van der Waals surface area contributed by atoms with Crippen molar-refractivity contribution >= 4 is 18.0 Å². The van der Waals surface area contributed by atoms with E-state index < -0.39 is 18.0 Å². The molecule has 0 heterocycles. The average molecular weight is 439 g/mol. The largest absolute Gasteiger partial charge is 0.481 e. The number of carboxylic acids is 1. The summed E-state index contributed by atoms with van der Waals surface area (Å²) >= 11 is 0. The number of rotatable bonds is 10. The molecule has 2 unspecified atom stereocenters. The van der Waals surface area contributed by atoms with Crippen LogP contribution in [0.2, 0.25) is 0 Å². The first kappa shape index (κ1) is 23.3. The Kier molecular flexibility index (Phi) is 7.87. The van der Waals surface area contributed by atoms with Crippen molar-refractivity contribution in [1.82, 2.24) is 10.6 Å². The second-order valence-electron chi connectivity index (χ2n) is 8.29. The molecule has 0 bridgehead atoms. The van der Waals surface area contributed by atoms with Gasteiger partial charge in [-0.15, -0.1) is 0 Å². The van der Waals surface area contributed by atoms with Crippen molar-refractivity contribution in [2.75, 3.05) is 13.2 Å². The normalized spacial score (nSPS) is 14.1. The molecular formula is C25H30N2O5. The molecule has 32 heavy (non-hydrogen) atoms. The molecule has 7 nitrogen and oxygen atoms in total. The summed E-state index contributed by atoms with van der Waals surface area (Å²) in [6, 6.07) is 16.1. The van der Waals surface area contributed by atoms with Gasteiger partial charge in [-0.1, -0.05) is 55.5 Å². The lowest BCUT2D eigenvalue weighted by Crippen LogP contribution is -2.35. The van der Waals surface area contributed by atoms with Crippen molar-refractivity contribution in [2.24, 2.45) is 5.92 Å². The van der Waals surface area contributed by atoms with E-state index in [9.17, 15) is 14.4 Å². The van der Waals surface area contributed by atoms with Crippen LogP contribution in [0.25, 0.3) is 11.1 Å². The minimum atomic E-state index is -0.875. The monoisotopic (exact) mass is 438 g/mol. The lowest BCUT2D eigenvalue weighted by atomic mass is 9.98. The SMILES string of the molecule is CC(CCC(=O)NCCC(C)C(=O)O)NC(=O)OCC1c2ccccc2-c2ccccc21. The molecule has 0 spiro atoms. The fourth-order valence-electron chi connectivity index (χ4n) is 3.90. The smallest absolute Gasteiger partial charge is 0.407 e. The predicted molar refractivity (Wildman–Crippen MR) is 121 cm³/mol. The molecule has 2 aromatic rings. The number of carboxylic acid groups (broad SMARTS) is 1. The van der Waals surface area contributed by atoms with Gasteiger partial charge in [0, 0.05) is 24.9 Å². The van der Waals surface area contributed by atoms with Gasteiger partial charge in [0.1, 0.15) is 6.61 Å². The van der Waals surface area contributed by atoms with Gasteiger partial charge in [0.05, 0.1) is 5.92 Å². The minimum Gasteiger partial charge on any atom is -0.481 e. The van der Waals surface area contributed by atoms with E-state index >= 15 is 0 Å². The summed E-state index contributed by atoms with van der Waals surface area (Å²) in [6.07, 6.45) is 0.584. The van der Waals surface area contributed by atoms with Crippen LogP contribution in [0.15, 0.2) is 48.5 Å². The number of hydrogen-bond donors (Lipinski definition) is 3. The highest BCUT2D eigenvalue weighted by Gasteiger charge is 2.29. The third-order valence-corrected chi connectivity index (χ3v) is 5.83. The maximum Gasteiger partial charge on any atom is 0.407 e. The molecule has 1 aliphatic carbocycles. The van der Waals surface area contributed by atoms with Gasteiger partial charge in [-0.25, -0.2) is 4.79 Å². The summed E-state index contributed by atoms with van der Waals surface area (Å²) in [5.74, 6) is -1.53. The van der Waals surface area contributed by atoms with Gasteiger partial charge in [0.15, 0.2) is 0 Å². The summed E-state index contributed by atoms with van der Waals surface area (Å²) in [6.45, 7) is 3.99. The molecule has 7 heteroatoms. The first-order valence-corrected chi connectivity index (χ1v) is 11.0. The number of aliphatic carboxylic acids is 1. The first-order chi connectivity index (χ1) is 15.4. The zero-order valence-electron chi connectivity index (χ0n) is 18.5. The Balaban J connectivity index is 1.41. The molecule has 1 aliphatic rings. The van der Waals surface area contributed by atoms with Crippen LogP contribution in [-0.2, 0) is 14.3 Å². The number of carbonyl (C=O) groups excluding carboxylic acids is 2. The van der Waals surface area contributed by atoms with Crippen molar-refractivity contribution in [3.05, 3.63) is 59.7 Å². The zero-order valence-corrected chi connectivity index (χ0v) is 18.5. The number of alkyl carbamates (subject to hydrolysis) is 1. The van der Waals surface area contributed by atoms with Crippen LogP contribution >= 0.6 is 0 Å². The van der Waals surface area contributed by atoms with Gasteiger partial charge >= 0.3 is 12.1 Å². The van der Waals surface area contributed by atoms with Crippen LogP contribution in [0.4, 0.5) is 4.79 Å². The molecule has 0 saturated carbocycles. The number of ether oxygens (including phenoxy) is 1. The summed E-state index contributed by atoms with van der Waals surface area (Å²) in [7, 11) is 0. The number of nitrogens with one attached hydrogen (secondary N) is 2. The van der Waals surface area contributed by atoms with Gasteiger partial charge in [0.25, 0.3) is 0 Å². The average Bonchev–Trinajstić information content (AvgIpc) is 3.10. The van der Waals surface area contributed by atoms with Crippen LogP contribution in [0.3, 0.4) is 0 Å². The van der Waals surface area contributed by atoms with E-state index in [2.05, 4.69) is 34.9 Å². The van der Waals surface area contributed by atoms with E-state index in [1.807, 2.05) is 31.2 Å². The molecule has 0 aliphatic heterocycles. The van der Waals surface area contributed by atoms with Crippen molar-refractivity contribution in [1.29, 1.82) is 0 Å². The number of hydrogen-bond acceptors (Lipinski definition) is 4. The summed E-state index contributed by atoms with van der Waals surface area (Å²) in [5.41, 5.74) is 4.66. The molecule has 2 atom stereocenters. The van der Waals surface area contributed by atoms with E-state index in [1.165, 1.54) is 11.1 Å². The molecule has 2 amide bonds. The number of fused-ring (bicyclic) bond motifs is 3. The van der Waals surface area contributed by atoms with Crippen LogP contribution in [0, 0.1) is 5.92 Å². The zero-order chi connectivity index (χ0) is 23.1. The maximum atomic E-state index is 12.3. The third kappa shape index (κ3) is 5.87. The fraction of sp³-hybridized carbons (Fsp3) is 0.400. The second-order valence-corrected chi connectivity index (χ2v) is 8.29. The van der Waals surface area contributed by atoms with Crippen LogP contribution in [0.1, 0.15) is 50.2 Å². The summed E-state index contributed by atoms with van der Waals surface area (Å²) in [4.78, 5) is 35.0. The van der Waals surface area contributed by atoms with Gasteiger partial charge in [-0.3, -0.25) is 9.59 Å². The van der Waals surface area contributed by atoms with E-state index in [1.54, 1.807) is 6.92 Å². The Hall–Kier alpha value is -3.35. The molecule has 0 fully saturated rings. The van der Waals surface area contributed by atoms with Crippen molar-refractivity contribution < 1.29 is 24.2 Å². The summed E-state index contributed by atoms with van der Waals surface area (Å²) < 4.78 is 5.52. The molecule has 0 radical (unpaired) electrons. The number of amides is 2. The summed E-state index contributed by atoms with van der Waals surface area (Å²) in [5, 5.41) is 14.3. The highest BCUT2D eigenvalue weighted by molar-refractivity contribution is 5.79. The van der Waals surface area contributed by atoms with Crippen LogP contribution in [-0.4, -0.2) is 42.3 Å². The third-order valence-electron chi connectivity index (χ3n) is 5.83. The maximum absolute atomic E-state index is 12.3. The molecule has 3 N–H and O–H groups in total. The quantitative estimate of drug-likeness (QED) is 0.521. The Morgan fingerprint density at radius 1 is 0.969 bits per heavy atom. The van der Waals surface area contributed by atoms with Crippen molar-refractivity contribution in [3.63, 3.8) is 0 Å². The van der Waals surface area contributed by atoms with Gasteiger partial charge in [-0.05, 0) is 42.0 Å². The lowest BCUT2D eigenvalue weighted by Gasteiger charge is -2.17. The predicted octanol–water partition coefficient (Wildman–Crippen LogP) is 3.92. The molecular weight excluding hydrogens is 408 g/mol. The van der Waals surface area contributed by atoms with Crippen LogP contribution in [0.5, 0.6) is 0 Å². The van der Waals surface area contributed by atoms with Crippen molar-refractivity contribution in [3.8, 4) is 11.1 Å². The van der Waals surface area contributed by atoms with E-state index in [0.717, 1.165) is 11.1 Å². The Labute approximate surface area is 188 Å². The Morgan fingerprint density at radius 3 is 2.16 bits per heavy atom. The fourth-order valence-corrected chi connectivity index (χ4v) is 3.90.